The van der Waals surface area contributed by atoms with Crippen LogP contribution in [0.3, 0.4) is 0 Å². The topological polar surface area (TPSA) is 50.1 Å². The molecule has 0 amide bonds. The zero-order valence-electron chi connectivity index (χ0n) is 17.4. The smallest absolute Gasteiger partial charge is 0.163 e. The Kier molecular flexibility index (Phi) is 6.10. The summed E-state index contributed by atoms with van der Waals surface area (Å²) in [6, 6.07) is 33.7. The fourth-order valence-electron chi connectivity index (χ4n) is 4.14. The Balaban J connectivity index is 1.77. The molecule has 0 N–H and O–H groups in total. The monoisotopic (exact) mass is 405 g/mol. The van der Waals surface area contributed by atoms with Crippen LogP contribution in [0.2, 0.25) is 0 Å². The van der Waals surface area contributed by atoms with Crippen LogP contribution in [0.15, 0.2) is 97.1 Å². The molecular formula is C28H23NO2. The average molecular weight is 405 g/mol. The predicted molar refractivity (Wildman–Crippen MR) is 123 cm³/mol. The summed E-state index contributed by atoms with van der Waals surface area (Å²) in [5, 5.41) is 12.4. The quantitative estimate of drug-likeness (QED) is 0.329. The number of methoxy groups -OCH3 is 1. The summed E-state index contributed by atoms with van der Waals surface area (Å²) in [6.45, 7) is 0. The molecule has 3 nitrogen and oxygen atoms in total. The molecule has 0 radical (unpaired) electrons. The minimum absolute atomic E-state index is 0.00626. The Labute approximate surface area is 182 Å². The molecule has 0 aliphatic heterocycles. The van der Waals surface area contributed by atoms with Gasteiger partial charge in [-0.1, -0.05) is 84.9 Å². The first-order valence-corrected chi connectivity index (χ1v) is 10.3. The van der Waals surface area contributed by atoms with Crippen molar-refractivity contribution in [3.8, 4) is 11.8 Å². The fraction of sp³-hybridized carbons (Fsp3) is 0.143. The molecule has 2 atom stereocenters. The first kappa shape index (κ1) is 20.4. The van der Waals surface area contributed by atoms with E-state index in [1.807, 2.05) is 84.9 Å². The van der Waals surface area contributed by atoms with Crippen LogP contribution in [0.5, 0.6) is 5.75 Å². The highest BCUT2D eigenvalue weighted by Crippen LogP contribution is 2.39. The second-order valence-electron chi connectivity index (χ2n) is 7.55. The summed E-state index contributed by atoms with van der Waals surface area (Å²) in [5.41, 5.74) is 2.53. The van der Waals surface area contributed by atoms with Crippen molar-refractivity contribution in [2.75, 3.05) is 7.11 Å². The number of rotatable bonds is 7. The van der Waals surface area contributed by atoms with Crippen molar-refractivity contribution < 1.29 is 9.53 Å². The van der Waals surface area contributed by atoms with Crippen LogP contribution < -0.4 is 4.74 Å². The van der Waals surface area contributed by atoms with E-state index in [-0.39, 0.29) is 18.1 Å². The molecule has 31 heavy (non-hydrogen) atoms. The lowest BCUT2D eigenvalue weighted by molar-refractivity contribution is 0.0971. The van der Waals surface area contributed by atoms with E-state index in [0.29, 0.717) is 11.3 Å². The van der Waals surface area contributed by atoms with E-state index in [1.54, 1.807) is 19.2 Å². The number of Topliss-reactive ketones (excluding diaryl/α,β-unsaturated/α-hetero) is 1. The SMILES string of the molecule is COc1cccc(C(=O)CC(c2ccccc2)C(C#N)c2cccc3ccccc23)c1. The summed E-state index contributed by atoms with van der Waals surface area (Å²) in [6.07, 6.45) is 0.235. The Morgan fingerprint density at radius 3 is 2.39 bits per heavy atom. The number of ketones is 1. The van der Waals surface area contributed by atoms with Crippen molar-refractivity contribution in [1.82, 2.24) is 0 Å². The van der Waals surface area contributed by atoms with E-state index in [4.69, 9.17) is 4.74 Å². The van der Waals surface area contributed by atoms with E-state index in [1.165, 1.54) is 0 Å². The largest absolute Gasteiger partial charge is 0.497 e. The Bertz CT molecular complexity index is 1240. The minimum Gasteiger partial charge on any atom is -0.497 e. The van der Waals surface area contributed by atoms with Gasteiger partial charge in [0.25, 0.3) is 0 Å². The van der Waals surface area contributed by atoms with Gasteiger partial charge in [-0.15, -0.1) is 0 Å². The van der Waals surface area contributed by atoms with Gasteiger partial charge in [-0.2, -0.15) is 5.26 Å². The summed E-state index contributed by atoms with van der Waals surface area (Å²) in [4.78, 5) is 13.2. The predicted octanol–water partition coefficient (Wildman–Crippen LogP) is 6.51. The van der Waals surface area contributed by atoms with Crippen molar-refractivity contribution in [2.24, 2.45) is 0 Å². The van der Waals surface area contributed by atoms with Crippen LogP contribution in [-0.2, 0) is 0 Å². The van der Waals surface area contributed by atoms with Crippen LogP contribution in [0, 0.1) is 11.3 Å². The molecule has 0 heterocycles. The maximum atomic E-state index is 13.2. The van der Waals surface area contributed by atoms with Gasteiger partial charge in [-0.25, -0.2) is 0 Å². The second-order valence-corrected chi connectivity index (χ2v) is 7.55. The lowest BCUT2D eigenvalue weighted by Gasteiger charge is -2.24. The van der Waals surface area contributed by atoms with Crippen molar-refractivity contribution in [1.29, 1.82) is 5.26 Å². The molecule has 0 aliphatic carbocycles. The van der Waals surface area contributed by atoms with E-state index in [2.05, 4.69) is 6.07 Å². The van der Waals surface area contributed by atoms with Crippen molar-refractivity contribution in [3.05, 3.63) is 114 Å². The van der Waals surface area contributed by atoms with Crippen molar-refractivity contribution >= 4 is 16.6 Å². The Hall–Kier alpha value is -3.90. The molecule has 0 aliphatic rings. The number of carbonyl (C=O) groups excluding carboxylic acids is 1. The van der Waals surface area contributed by atoms with Crippen LogP contribution in [0.1, 0.15) is 39.7 Å². The third-order valence-corrected chi connectivity index (χ3v) is 5.72. The molecule has 0 bridgehead atoms. The molecule has 0 fully saturated rings. The average Bonchev–Trinajstić information content (AvgIpc) is 2.84. The number of benzene rings is 4. The molecule has 4 rings (SSSR count). The van der Waals surface area contributed by atoms with Gasteiger partial charge in [0.15, 0.2) is 5.78 Å². The fourth-order valence-corrected chi connectivity index (χ4v) is 4.14. The number of hydrogen-bond donors (Lipinski definition) is 0. The zero-order valence-corrected chi connectivity index (χ0v) is 17.4. The molecule has 0 saturated heterocycles. The van der Waals surface area contributed by atoms with Gasteiger partial charge in [0.2, 0.25) is 0 Å². The molecule has 0 saturated carbocycles. The van der Waals surface area contributed by atoms with Crippen molar-refractivity contribution in [2.45, 2.75) is 18.3 Å². The van der Waals surface area contributed by atoms with Crippen LogP contribution in [-0.4, -0.2) is 12.9 Å². The van der Waals surface area contributed by atoms with E-state index in [9.17, 15) is 10.1 Å². The lowest BCUT2D eigenvalue weighted by Crippen LogP contribution is -2.15. The van der Waals surface area contributed by atoms with Gasteiger partial charge < -0.3 is 4.74 Å². The summed E-state index contributed by atoms with van der Waals surface area (Å²) in [7, 11) is 1.59. The number of ether oxygens (including phenoxy) is 1. The highest BCUT2D eigenvalue weighted by molar-refractivity contribution is 5.97. The van der Waals surface area contributed by atoms with E-state index < -0.39 is 5.92 Å². The normalized spacial score (nSPS) is 12.6. The third-order valence-electron chi connectivity index (χ3n) is 5.72. The van der Waals surface area contributed by atoms with E-state index in [0.717, 1.165) is 21.9 Å². The summed E-state index contributed by atoms with van der Waals surface area (Å²) < 4.78 is 5.28. The Morgan fingerprint density at radius 1 is 0.903 bits per heavy atom. The number of fused-ring (bicyclic) bond motifs is 1. The number of nitrogens with zero attached hydrogens (tertiary/aromatic N) is 1. The molecule has 152 valence electrons. The zero-order chi connectivity index (χ0) is 21.6. The molecule has 3 heteroatoms. The minimum atomic E-state index is -0.456. The maximum Gasteiger partial charge on any atom is 0.163 e. The molecule has 4 aromatic carbocycles. The molecule has 4 aromatic rings. The standard InChI is InChI=1S/C28H23NO2/c1-31-23-14-7-13-22(17-23)28(30)18-26(21-9-3-2-4-10-21)27(19-29)25-16-8-12-20-11-5-6-15-24(20)25/h2-17,26-27H,18H2,1H3. The van der Waals surface area contributed by atoms with Gasteiger partial charge in [-0.05, 0) is 34.0 Å². The Morgan fingerprint density at radius 2 is 1.61 bits per heavy atom. The van der Waals surface area contributed by atoms with Gasteiger partial charge in [-0.3, -0.25) is 4.79 Å². The maximum absolute atomic E-state index is 13.2. The number of hydrogen-bond acceptors (Lipinski definition) is 3. The van der Waals surface area contributed by atoms with Gasteiger partial charge in [0, 0.05) is 17.9 Å². The molecule has 0 aromatic heterocycles. The number of nitriles is 1. The van der Waals surface area contributed by atoms with Crippen molar-refractivity contribution in [3.63, 3.8) is 0 Å². The number of carbonyl (C=O) groups is 1. The van der Waals surface area contributed by atoms with Crippen LogP contribution >= 0.6 is 0 Å². The first-order chi connectivity index (χ1) is 15.2. The molecular weight excluding hydrogens is 382 g/mol. The summed E-state index contributed by atoms with van der Waals surface area (Å²) in [5.74, 6) is -0.0833. The van der Waals surface area contributed by atoms with Crippen LogP contribution in [0.25, 0.3) is 10.8 Å². The first-order valence-electron chi connectivity index (χ1n) is 10.3. The highest BCUT2D eigenvalue weighted by atomic mass is 16.5. The lowest BCUT2D eigenvalue weighted by atomic mass is 9.77. The van der Waals surface area contributed by atoms with Gasteiger partial charge >= 0.3 is 0 Å². The summed E-state index contributed by atoms with van der Waals surface area (Å²) >= 11 is 0. The highest BCUT2D eigenvalue weighted by Gasteiger charge is 2.29. The second kappa shape index (κ2) is 9.28. The van der Waals surface area contributed by atoms with E-state index >= 15 is 0 Å². The molecule has 2 unspecified atom stereocenters. The third kappa shape index (κ3) is 4.34. The molecule has 0 spiro atoms. The van der Waals surface area contributed by atoms with Crippen LogP contribution in [0.4, 0.5) is 0 Å². The van der Waals surface area contributed by atoms with Gasteiger partial charge in [0.05, 0.1) is 19.1 Å². The van der Waals surface area contributed by atoms with Gasteiger partial charge in [0.1, 0.15) is 5.75 Å².